The Balaban J connectivity index is 1.31. The predicted molar refractivity (Wildman–Crippen MR) is 95.3 cm³/mol. The number of hydrogen-bond donors (Lipinski definition) is 0. The molecule has 0 spiro atoms. The van der Waals surface area contributed by atoms with Crippen molar-refractivity contribution in [2.24, 2.45) is 11.8 Å². The molecule has 2 aliphatic heterocycles. The van der Waals surface area contributed by atoms with Crippen molar-refractivity contribution in [3.05, 3.63) is 40.8 Å². The molecule has 4 rings (SSSR count). The van der Waals surface area contributed by atoms with Crippen LogP contribution in [-0.2, 0) is 0 Å². The molecular formula is C18H22N4OS. The zero-order valence-electron chi connectivity index (χ0n) is 13.7. The topological polar surface area (TPSA) is 49.3 Å². The summed E-state index contributed by atoms with van der Waals surface area (Å²) in [5.74, 6) is 2.42. The fraction of sp³-hybridized carbons (Fsp3) is 0.500. The standard InChI is InChI=1S/C18H22N4OS/c23-17(16-3-1-12-24-16)22-11-6-15(13-22)14-4-9-21(10-5-14)18-19-7-2-8-20-18/h1-3,7-8,12,14-15H,4-6,9-11,13H2. The first-order chi connectivity index (χ1) is 11.8. The van der Waals surface area contributed by atoms with Crippen LogP contribution in [0.3, 0.4) is 0 Å². The van der Waals surface area contributed by atoms with E-state index in [4.69, 9.17) is 0 Å². The maximum absolute atomic E-state index is 12.5. The highest BCUT2D eigenvalue weighted by Gasteiger charge is 2.34. The van der Waals surface area contributed by atoms with Gasteiger partial charge in [0.25, 0.3) is 5.91 Å². The van der Waals surface area contributed by atoms with Gasteiger partial charge in [-0.05, 0) is 48.6 Å². The first kappa shape index (κ1) is 15.6. The Bertz CT molecular complexity index is 668. The van der Waals surface area contributed by atoms with Crippen LogP contribution in [0.4, 0.5) is 5.95 Å². The molecule has 1 atom stereocenters. The average Bonchev–Trinajstić information content (AvgIpc) is 3.34. The smallest absolute Gasteiger partial charge is 0.263 e. The van der Waals surface area contributed by atoms with Gasteiger partial charge in [-0.1, -0.05) is 6.07 Å². The van der Waals surface area contributed by atoms with Crippen LogP contribution in [0, 0.1) is 11.8 Å². The molecule has 0 saturated carbocycles. The third-order valence-corrected chi connectivity index (χ3v) is 6.14. The summed E-state index contributed by atoms with van der Waals surface area (Å²) >= 11 is 1.54. The Hall–Kier alpha value is -1.95. The largest absolute Gasteiger partial charge is 0.341 e. The van der Waals surface area contributed by atoms with Gasteiger partial charge in [0.15, 0.2) is 0 Å². The molecule has 2 aromatic heterocycles. The van der Waals surface area contributed by atoms with E-state index >= 15 is 0 Å². The van der Waals surface area contributed by atoms with E-state index < -0.39 is 0 Å². The van der Waals surface area contributed by atoms with Crippen LogP contribution in [0.2, 0.25) is 0 Å². The van der Waals surface area contributed by atoms with Crippen LogP contribution in [0.1, 0.15) is 28.9 Å². The first-order valence-electron chi connectivity index (χ1n) is 8.66. The molecule has 0 aliphatic carbocycles. The minimum Gasteiger partial charge on any atom is -0.341 e. The Morgan fingerprint density at radius 1 is 1.04 bits per heavy atom. The van der Waals surface area contributed by atoms with Crippen molar-refractivity contribution in [3.63, 3.8) is 0 Å². The molecule has 0 N–H and O–H groups in total. The van der Waals surface area contributed by atoms with Crippen molar-refractivity contribution < 1.29 is 4.79 Å². The predicted octanol–water partition coefficient (Wildman–Crippen LogP) is 2.92. The van der Waals surface area contributed by atoms with E-state index in [-0.39, 0.29) is 5.91 Å². The Labute approximate surface area is 146 Å². The van der Waals surface area contributed by atoms with Crippen LogP contribution >= 0.6 is 11.3 Å². The van der Waals surface area contributed by atoms with Gasteiger partial charge >= 0.3 is 0 Å². The average molecular weight is 342 g/mol. The van der Waals surface area contributed by atoms with Gasteiger partial charge in [0.2, 0.25) is 5.95 Å². The molecule has 1 amide bonds. The molecule has 4 heterocycles. The highest BCUT2D eigenvalue weighted by molar-refractivity contribution is 7.12. The van der Waals surface area contributed by atoms with Crippen LogP contribution in [0.5, 0.6) is 0 Å². The maximum atomic E-state index is 12.5. The van der Waals surface area contributed by atoms with Crippen LogP contribution in [0.15, 0.2) is 36.0 Å². The number of carbonyl (C=O) groups is 1. The summed E-state index contributed by atoms with van der Waals surface area (Å²) in [6, 6.07) is 5.74. The van der Waals surface area contributed by atoms with Crippen molar-refractivity contribution >= 4 is 23.2 Å². The fourth-order valence-corrected chi connectivity index (χ4v) is 4.63. The van der Waals surface area contributed by atoms with E-state index in [0.29, 0.717) is 11.8 Å². The number of carbonyl (C=O) groups excluding carboxylic acids is 1. The lowest BCUT2D eigenvalue weighted by molar-refractivity contribution is 0.0785. The SMILES string of the molecule is O=C(c1cccs1)N1CCC(C2CCN(c3ncccn3)CC2)C1. The lowest BCUT2D eigenvalue weighted by Gasteiger charge is -2.34. The number of anilines is 1. The molecule has 1 unspecified atom stereocenters. The van der Waals surface area contributed by atoms with Gasteiger partial charge in [-0.2, -0.15) is 0 Å². The molecule has 0 bridgehead atoms. The first-order valence-corrected chi connectivity index (χ1v) is 9.54. The number of hydrogen-bond acceptors (Lipinski definition) is 5. The van der Waals surface area contributed by atoms with Gasteiger partial charge in [0, 0.05) is 38.6 Å². The Kier molecular flexibility index (Phi) is 4.47. The molecular weight excluding hydrogens is 320 g/mol. The maximum Gasteiger partial charge on any atom is 0.263 e. The second kappa shape index (κ2) is 6.89. The van der Waals surface area contributed by atoms with E-state index in [1.165, 1.54) is 12.8 Å². The molecule has 2 aromatic rings. The lowest BCUT2D eigenvalue weighted by atomic mass is 9.84. The summed E-state index contributed by atoms with van der Waals surface area (Å²) in [5, 5.41) is 1.97. The normalized spacial score (nSPS) is 22.1. The van der Waals surface area contributed by atoms with Gasteiger partial charge in [0.1, 0.15) is 0 Å². The molecule has 24 heavy (non-hydrogen) atoms. The number of aromatic nitrogens is 2. The van der Waals surface area contributed by atoms with Crippen molar-refractivity contribution in [1.29, 1.82) is 0 Å². The molecule has 2 fully saturated rings. The summed E-state index contributed by atoms with van der Waals surface area (Å²) in [5.41, 5.74) is 0. The van der Waals surface area contributed by atoms with E-state index in [1.807, 2.05) is 28.5 Å². The number of amides is 1. The van der Waals surface area contributed by atoms with E-state index in [1.54, 1.807) is 23.7 Å². The number of piperidine rings is 1. The quantitative estimate of drug-likeness (QED) is 0.860. The minimum absolute atomic E-state index is 0.211. The molecule has 2 aliphatic rings. The zero-order chi connectivity index (χ0) is 16.4. The Morgan fingerprint density at radius 2 is 1.79 bits per heavy atom. The third kappa shape index (κ3) is 3.15. The molecule has 5 nitrogen and oxygen atoms in total. The monoisotopic (exact) mass is 342 g/mol. The molecule has 6 heteroatoms. The number of nitrogens with zero attached hydrogens (tertiary/aromatic N) is 4. The second-order valence-corrected chi connectivity index (χ2v) is 7.60. The third-order valence-electron chi connectivity index (χ3n) is 5.29. The fourth-order valence-electron chi connectivity index (χ4n) is 3.94. The number of rotatable bonds is 3. The van der Waals surface area contributed by atoms with Crippen molar-refractivity contribution in [2.45, 2.75) is 19.3 Å². The second-order valence-electron chi connectivity index (χ2n) is 6.65. The van der Waals surface area contributed by atoms with Crippen molar-refractivity contribution in [2.75, 3.05) is 31.1 Å². The summed E-state index contributed by atoms with van der Waals surface area (Å²) in [6.07, 6.45) is 7.09. The summed E-state index contributed by atoms with van der Waals surface area (Å²) in [6.45, 7) is 3.86. The summed E-state index contributed by atoms with van der Waals surface area (Å²) in [7, 11) is 0. The highest BCUT2D eigenvalue weighted by Crippen LogP contribution is 2.33. The van der Waals surface area contributed by atoms with Crippen LogP contribution < -0.4 is 4.90 Å². The van der Waals surface area contributed by atoms with Crippen LogP contribution in [-0.4, -0.2) is 47.0 Å². The van der Waals surface area contributed by atoms with Crippen LogP contribution in [0.25, 0.3) is 0 Å². The molecule has 0 aromatic carbocycles. The molecule has 2 saturated heterocycles. The van der Waals surface area contributed by atoms with E-state index in [9.17, 15) is 4.79 Å². The van der Waals surface area contributed by atoms with Gasteiger partial charge in [-0.15, -0.1) is 11.3 Å². The summed E-state index contributed by atoms with van der Waals surface area (Å²) < 4.78 is 0. The molecule has 0 radical (unpaired) electrons. The Morgan fingerprint density at radius 3 is 2.50 bits per heavy atom. The molecule has 126 valence electrons. The van der Waals surface area contributed by atoms with E-state index in [2.05, 4.69) is 14.9 Å². The van der Waals surface area contributed by atoms with Gasteiger partial charge in [-0.3, -0.25) is 4.79 Å². The van der Waals surface area contributed by atoms with Gasteiger partial charge in [0.05, 0.1) is 4.88 Å². The zero-order valence-corrected chi connectivity index (χ0v) is 14.5. The van der Waals surface area contributed by atoms with Crippen molar-refractivity contribution in [1.82, 2.24) is 14.9 Å². The minimum atomic E-state index is 0.211. The van der Waals surface area contributed by atoms with Gasteiger partial charge < -0.3 is 9.80 Å². The van der Waals surface area contributed by atoms with Gasteiger partial charge in [-0.25, -0.2) is 9.97 Å². The number of likely N-dealkylation sites (tertiary alicyclic amines) is 1. The van der Waals surface area contributed by atoms with Crippen molar-refractivity contribution in [3.8, 4) is 0 Å². The lowest BCUT2D eigenvalue weighted by Crippen LogP contribution is -2.38. The summed E-state index contributed by atoms with van der Waals surface area (Å²) in [4.78, 5) is 26.4. The van der Waals surface area contributed by atoms with E-state index in [0.717, 1.165) is 43.4 Å². The highest BCUT2D eigenvalue weighted by atomic mass is 32.1. The number of thiophene rings is 1.